The summed E-state index contributed by atoms with van der Waals surface area (Å²) >= 11 is 0. The van der Waals surface area contributed by atoms with Gasteiger partial charge in [-0.15, -0.1) is 0 Å². The summed E-state index contributed by atoms with van der Waals surface area (Å²) in [6.45, 7) is 9.20. The van der Waals surface area contributed by atoms with Crippen molar-refractivity contribution in [2.45, 2.75) is 91.9 Å². The summed E-state index contributed by atoms with van der Waals surface area (Å²) in [5, 5.41) is 0. The van der Waals surface area contributed by atoms with Crippen LogP contribution in [0.25, 0.3) is 0 Å². The summed E-state index contributed by atoms with van der Waals surface area (Å²) in [4.78, 5) is 11.4. The smallest absolute Gasteiger partial charge is 0.305 e. The molecule has 0 heterocycles. The van der Waals surface area contributed by atoms with E-state index in [9.17, 15) is 4.79 Å². The van der Waals surface area contributed by atoms with E-state index in [2.05, 4.69) is 52.0 Å². The first-order valence-electron chi connectivity index (χ1n) is 10.0. The van der Waals surface area contributed by atoms with Gasteiger partial charge in [0.1, 0.15) is 0 Å². The molecule has 0 rings (SSSR count). The number of ether oxygens (including phenoxy) is 1. The van der Waals surface area contributed by atoms with Crippen LogP contribution in [-0.4, -0.2) is 12.6 Å². The Labute approximate surface area is 150 Å². The average molecular weight is 337 g/mol. The second-order valence-corrected chi connectivity index (χ2v) is 7.28. The van der Waals surface area contributed by atoms with Crippen molar-refractivity contribution in [3.63, 3.8) is 0 Å². The van der Waals surface area contributed by atoms with Crippen molar-refractivity contribution in [3.8, 4) is 0 Å². The van der Waals surface area contributed by atoms with E-state index < -0.39 is 0 Å². The molecule has 2 nitrogen and oxygen atoms in total. The zero-order chi connectivity index (χ0) is 18.0. The summed E-state index contributed by atoms with van der Waals surface area (Å²) in [6.07, 6.45) is 20.4. The van der Waals surface area contributed by atoms with Crippen LogP contribution in [0.15, 0.2) is 24.3 Å². The summed E-state index contributed by atoms with van der Waals surface area (Å²) in [7, 11) is 0. The predicted octanol–water partition coefficient (Wildman–Crippen LogP) is 6.86. The maximum atomic E-state index is 11.4. The second-order valence-electron chi connectivity index (χ2n) is 7.28. The van der Waals surface area contributed by atoms with Crippen molar-refractivity contribution in [2.75, 3.05) is 6.61 Å². The van der Waals surface area contributed by atoms with E-state index in [1.54, 1.807) is 0 Å². The Morgan fingerprint density at radius 1 is 0.958 bits per heavy atom. The molecule has 0 spiro atoms. The molecule has 1 atom stereocenters. The van der Waals surface area contributed by atoms with E-state index in [0.717, 1.165) is 19.3 Å². The van der Waals surface area contributed by atoms with Gasteiger partial charge in [0.25, 0.3) is 0 Å². The Hall–Kier alpha value is -1.05. The zero-order valence-corrected chi connectivity index (χ0v) is 16.6. The minimum atomic E-state index is -0.0343. The van der Waals surface area contributed by atoms with Crippen LogP contribution in [0.5, 0.6) is 0 Å². The zero-order valence-electron chi connectivity index (χ0n) is 16.6. The first-order valence-corrected chi connectivity index (χ1v) is 10.0. The van der Waals surface area contributed by atoms with Crippen LogP contribution >= 0.6 is 0 Å². The molecule has 0 aliphatic heterocycles. The van der Waals surface area contributed by atoms with Gasteiger partial charge in [-0.2, -0.15) is 0 Å². The summed E-state index contributed by atoms with van der Waals surface area (Å²) in [5.74, 6) is 1.11. The fourth-order valence-corrected chi connectivity index (χ4v) is 2.55. The standard InChI is InChI=1S/C22H40O2/c1-5-16-21(4)17-14-12-10-8-6-7-9-11-13-15-18-22(23)24-19-20(2)3/h8,10,14,17,20-21H,5-7,9,11-13,15-16,18-19H2,1-4H3/b10-8-,17-14-. The van der Waals surface area contributed by atoms with Crippen LogP contribution in [-0.2, 0) is 9.53 Å². The molecule has 0 saturated heterocycles. The van der Waals surface area contributed by atoms with Crippen LogP contribution < -0.4 is 0 Å². The lowest BCUT2D eigenvalue weighted by atomic mass is 10.1. The minimum absolute atomic E-state index is 0.0343. The van der Waals surface area contributed by atoms with Crippen molar-refractivity contribution >= 4 is 5.97 Å². The van der Waals surface area contributed by atoms with Gasteiger partial charge in [-0.3, -0.25) is 4.79 Å². The van der Waals surface area contributed by atoms with Gasteiger partial charge in [-0.25, -0.2) is 0 Å². The summed E-state index contributed by atoms with van der Waals surface area (Å²) in [5.41, 5.74) is 0. The molecule has 1 unspecified atom stereocenters. The number of rotatable bonds is 15. The highest BCUT2D eigenvalue weighted by Crippen LogP contribution is 2.09. The van der Waals surface area contributed by atoms with Gasteiger partial charge in [-0.05, 0) is 43.9 Å². The highest BCUT2D eigenvalue weighted by atomic mass is 16.5. The van der Waals surface area contributed by atoms with Crippen molar-refractivity contribution < 1.29 is 9.53 Å². The van der Waals surface area contributed by atoms with E-state index in [-0.39, 0.29) is 5.97 Å². The van der Waals surface area contributed by atoms with Crippen molar-refractivity contribution in [3.05, 3.63) is 24.3 Å². The molecule has 0 aromatic rings. The molecule has 0 aliphatic rings. The minimum Gasteiger partial charge on any atom is -0.465 e. The molecule has 0 aromatic heterocycles. The molecule has 140 valence electrons. The average Bonchev–Trinajstić information content (AvgIpc) is 2.54. The predicted molar refractivity (Wildman–Crippen MR) is 105 cm³/mol. The molecule has 0 amide bonds. The van der Waals surface area contributed by atoms with Crippen LogP contribution in [0.1, 0.15) is 91.9 Å². The molecule has 0 bridgehead atoms. The van der Waals surface area contributed by atoms with Gasteiger partial charge in [0.05, 0.1) is 6.61 Å². The largest absolute Gasteiger partial charge is 0.465 e. The van der Waals surface area contributed by atoms with Crippen LogP contribution in [0, 0.1) is 11.8 Å². The van der Waals surface area contributed by atoms with Crippen LogP contribution in [0.2, 0.25) is 0 Å². The van der Waals surface area contributed by atoms with Gasteiger partial charge >= 0.3 is 5.97 Å². The highest BCUT2D eigenvalue weighted by Gasteiger charge is 2.03. The number of esters is 1. The van der Waals surface area contributed by atoms with Gasteiger partial charge in [0.2, 0.25) is 0 Å². The van der Waals surface area contributed by atoms with Gasteiger partial charge in [-0.1, -0.05) is 77.7 Å². The van der Waals surface area contributed by atoms with E-state index in [0.29, 0.717) is 24.9 Å². The highest BCUT2D eigenvalue weighted by molar-refractivity contribution is 5.69. The molecular formula is C22H40O2. The maximum absolute atomic E-state index is 11.4. The molecule has 0 aliphatic carbocycles. The third kappa shape index (κ3) is 17.3. The lowest BCUT2D eigenvalue weighted by Crippen LogP contribution is -2.09. The third-order valence-corrected chi connectivity index (χ3v) is 3.98. The van der Waals surface area contributed by atoms with Crippen molar-refractivity contribution in [1.82, 2.24) is 0 Å². The quantitative estimate of drug-likeness (QED) is 0.185. The lowest BCUT2D eigenvalue weighted by molar-refractivity contribution is -0.144. The topological polar surface area (TPSA) is 26.3 Å². The number of hydrogen-bond acceptors (Lipinski definition) is 2. The van der Waals surface area contributed by atoms with E-state index in [1.807, 2.05) is 0 Å². The number of carbonyl (C=O) groups excluding carboxylic acids is 1. The van der Waals surface area contributed by atoms with Crippen molar-refractivity contribution in [2.24, 2.45) is 11.8 Å². The molecule has 2 heteroatoms. The molecular weight excluding hydrogens is 296 g/mol. The van der Waals surface area contributed by atoms with Crippen LogP contribution in [0.4, 0.5) is 0 Å². The Morgan fingerprint density at radius 2 is 1.67 bits per heavy atom. The number of unbranched alkanes of at least 4 members (excludes halogenated alkanes) is 5. The normalized spacial score (nSPS) is 13.2. The van der Waals surface area contributed by atoms with Crippen molar-refractivity contribution in [1.29, 1.82) is 0 Å². The second kappa shape index (κ2) is 16.8. The monoisotopic (exact) mass is 336 g/mol. The fraction of sp³-hybridized carbons (Fsp3) is 0.773. The number of hydrogen-bond donors (Lipinski definition) is 0. The third-order valence-electron chi connectivity index (χ3n) is 3.98. The summed E-state index contributed by atoms with van der Waals surface area (Å²) < 4.78 is 5.17. The van der Waals surface area contributed by atoms with Gasteiger partial charge in [0.15, 0.2) is 0 Å². The van der Waals surface area contributed by atoms with Crippen LogP contribution in [0.3, 0.4) is 0 Å². The Kier molecular flexibility index (Phi) is 16.1. The molecule has 0 saturated carbocycles. The molecule has 24 heavy (non-hydrogen) atoms. The van der Waals surface area contributed by atoms with E-state index >= 15 is 0 Å². The molecule has 0 radical (unpaired) electrons. The Bertz CT molecular complexity index is 342. The van der Waals surface area contributed by atoms with Gasteiger partial charge in [0, 0.05) is 6.42 Å². The molecule has 0 N–H and O–H groups in total. The first kappa shape index (κ1) is 22.9. The summed E-state index contributed by atoms with van der Waals surface area (Å²) in [6, 6.07) is 0. The maximum Gasteiger partial charge on any atom is 0.305 e. The fourth-order valence-electron chi connectivity index (χ4n) is 2.55. The SMILES string of the molecule is CCCC(C)/C=C\C/C=C\CCCCCCCC(=O)OCC(C)C. The number of allylic oxidation sites excluding steroid dienone is 4. The first-order chi connectivity index (χ1) is 11.6. The van der Waals surface area contributed by atoms with E-state index in [1.165, 1.54) is 38.5 Å². The Morgan fingerprint density at radius 3 is 2.38 bits per heavy atom. The van der Waals surface area contributed by atoms with Gasteiger partial charge < -0.3 is 4.74 Å². The molecule has 0 aromatic carbocycles. The lowest BCUT2D eigenvalue weighted by Gasteiger charge is -2.06. The van der Waals surface area contributed by atoms with E-state index in [4.69, 9.17) is 4.74 Å². The Balaban J connectivity index is 3.36. The molecule has 0 fully saturated rings. The number of carbonyl (C=O) groups is 1.